The minimum Gasteiger partial charge on any atom is -0.293 e. The molecule has 3 rings (SSSR count). The molecule has 0 spiro atoms. The lowest BCUT2D eigenvalue weighted by molar-refractivity contribution is -0.115. The predicted octanol–water partition coefficient (Wildman–Crippen LogP) is 3.16. The molecule has 1 aromatic heterocycles. The van der Waals surface area contributed by atoms with Gasteiger partial charge < -0.3 is 0 Å². The largest absolute Gasteiger partial charge is 0.293 e. The number of hydrogen-bond donors (Lipinski definition) is 1. The topological polar surface area (TPSA) is 59.8 Å². The summed E-state index contributed by atoms with van der Waals surface area (Å²) in [5.41, 5.74) is 1.97. The average molecular weight is 327 g/mol. The summed E-state index contributed by atoms with van der Waals surface area (Å²) in [5.74, 6) is 0.157. The Balaban J connectivity index is 1.60. The van der Waals surface area contributed by atoms with Gasteiger partial charge in [0.05, 0.1) is 13.0 Å². The van der Waals surface area contributed by atoms with Gasteiger partial charge >= 0.3 is 0 Å². The number of rotatable bonds is 5. The summed E-state index contributed by atoms with van der Waals surface area (Å²) in [6, 6.07) is 17.1. The minimum absolute atomic E-state index is 0.142. The van der Waals surface area contributed by atoms with Gasteiger partial charge in [0.15, 0.2) is 0 Å². The van der Waals surface area contributed by atoms with Gasteiger partial charge in [0.2, 0.25) is 11.9 Å². The number of amides is 1. The van der Waals surface area contributed by atoms with Crippen LogP contribution in [0, 0.1) is 0 Å². The summed E-state index contributed by atoms with van der Waals surface area (Å²) in [7, 11) is 0. The van der Waals surface area contributed by atoms with Crippen LogP contribution in [-0.4, -0.2) is 20.7 Å². The van der Waals surface area contributed by atoms with Gasteiger partial charge in [0, 0.05) is 5.02 Å². The van der Waals surface area contributed by atoms with Crippen LogP contribution >= 0.6 is 11.6 Å². The van der Waals surface area contributed by atoms with E-state index in [1.54, 1.807) is 11.0 Å². The third kappa shape index (κ3) is 4.40. The zero-order chi connectivity index (χ0) is 16.1. The van der Waals surface area contributed by atoms with Gasteiger partial charge in [0.1, 0.15) is 6.33 Å². The van der Waals surface area contributed by atoms with E-state index < -0.39 is 0 Å². The molecule has 0 atom stereocenters. The van der Waals surface area contributed by atoms with Crippen molar-refractivity contribution >= 4 is 23.5 Å². The standard InChI is InChI=1S/C17H15ClN4O/c18-15-8-4-7-14(9-15)11-22-12-19-17(21-22)20-16(23)10-13-5-2-1-3-6-13/h1-9,12H,10-11H2,(H,20,21,23). The van der Waals surface area contributed by atoms with Crippen LogP contribution in [0.1, 0.15) is 11.1 Å². The van der Waals surface area contributed by atoms with Crippen LogP contribution in [0.25, 0.3) is 0 Å². The summed E-state index contributed by atoms with van der Waals surface area (Å²) in [6.07, 6.45) is 1.88. The van der Waals surface area contributed by atoms with Crippen LogP contribution in [-0.2, 0) is 17.8 Å². The third-order valence-electron chi connectivity index (χ3n) is 3.23. The van der Waals surface area contributed by atoms with Crippen LogP contribution in [0.2, 0.25) is 5.02 Å². The number of benzene rings is 2. The summed E-state index contributed by atoms with van der Waals surface area (Å²) in [4.78, 5) is 16.1. The van der Waals surface area contributed by atoms with Gasteiger partial charge in [-0.1, -0.05) is 54.1 Å². The maximum absolute atomic E-state index is 12.0. The van der Waals surface area contributed by atoms with E-state index in [1.165, 1.54) is 0 Å². The van der Waals surface area contributed by atoms with Gasteiger partial charge in [-0.25, -0.2) is 9.67 Å². The molecule has 5 nitrogen and oxygen atoms in total. The Bertz CT molecular complexity index is 801. The van der Waals surface area contributed by atoms with E-state index in [9.17, 15) is 4.79 Å². The lowest BCUT2D eigenvalue weighted by atomic mass is 10.1. The second-order valence-electron chi connectivity index (χ2n) is 5.11. The van der Waals surface area contributed by atoms with Crippen LogP contribution in [0.3, 0.4) is 0 Å². The van der Waals surface area contributed by atoms with Crippen molar-refractivity contribution in [3.63, 3.8) is 0 Å². The first-order valence-corrected chi connectivity index (χ1v) is 7.54. The van der Waals surface area contributed by atoms with E-state index in [-0.39, 0.29) is 5.91 Å². The highest BCUT2D eigenvalue weighted by atomic mass is 35.5. The summed E-state index contributed by atoms with van der Waals surface area (Å²) in [5, 5.41) is 7.63. The van der Waals surface area contributed by atoms with Crippen LogP contribution < -0.4 is 5.32 Å². The zero-order valence-electron chi connectivity index (χ0n) is 12.3. The van der Waals surface area contributed by atoms with Crippen molar-refractivity contribution in [3.05, 3.63) is 77.1 Å². The van der Waals surface area contributed by atoms with Crippen molar-refractivity contribution in [1.29, 1.82) is 0 Å². The van der Waals surface area contributed by atoms with Gasteiger partial charge in [-0.3, -0.25) is 10.1 Å². The Morgan fingerprint density at radius 2 is 1.87 bits per heavy atom. The lowest BCUT2D eigenvalue weighted by Crippen LogP contribution is -2.15. The third-order valence-corrected chi connectivity index (χ3v) is 3.46. The molecule has 0 fully saturated rings. The number of carbonyl (C=O) groups is 1. The Kier molecular flexibility index (Phi) is 4.68. The van der Waals surface area contributed by atoms with Gasteiger partial charge in [0.25, 0.3) is 0 Å². The molecule has 6 heteroatoms. The molecule has 1 N–H and O–H groups in total. The fourth-order valence-corrected chi connectivity index (χ4v) is 2.41. The highest BCUT2D eigenvalue weighted by molar-refractivity contribution is 6.30. The van der Waals surface area contributed by atoms with Crippen molar-refractivity contribution in [2.45, 2.75) is 13.0 Å². The van der Waals surface area contributed by atoms with E-state index in [0.29, 0.717) is 23.9 Å². The number of nitrogens with zero attached hydrogens (tertiary/aromatic N) is 3. The molecule has 0 bridgehead atoms. The fraction of sp³-hybridized carbons (Fsp3) is 0.118. The zero-order valence-corrected chi connectivity index (χ0v) is 13.1. The first-order chi connectivity index (χ1) is 11.2. The lowest BCUT2D eigenvalue weighted by Gasteiger charge is -2.02. The van der Waals surface area contributed by atoms with Crippen molar-refractivity contribution in [2.24, 2.45) is 0 Å². The predicted molar refractivity (Wildman–Crippen MR) is 89.4 cm³/mol. The fourth-order valence-electron chi connectivity index (χ4n) is 2.20. The number of hydrogen-bond acceptors (Lipinski definition) is 3. The molecule has 0 aliphatic carbocycles. The van der Waals surface area contributed by atoms with Gasteiger partial charge in [-0.15, -0.1) is 5.10 Å². The molecule has 2 aromatic carbocycles. The summed E-state index contributed by atoms with van der Waals surface area (Å²) in [6.45, 7) is 0.544. The van der Waals surface area contributed by atoms with E-state index in [2.05, 4.69) is 15.4 Å². The van der Waals surface area contributed by atoms with E-state index in [0.717, 1.165) is 11.1 Å². The van der Waals surface area contributed by atoms with Crippen molar-refractivity contribution < 1.29 is 4.79 Å². The molecule has 0 unspecified atom stereocenters. The Hall–Kier alpha value is -2.66. The first-order valence-electron chi connectivity index (χ1n) is 7.17. The highest BCUT2D eigenvalue weighted by Gasteiger charge is 2.07. The molecule has 0 radical (unpaired) electrons. The Labute approximate surface area is 138 Å². The van der Waals surface area contributed by atoms with E-state index in [4.69, 9.17) is 11.6 Å². The second-order valence-corrected chi connectivity index (χ2v) is 5.54. The Morgan fingerprint density at radius 3 is 2.65 bits per heavy atom. The second kappa shape index (κ2) is 7.07. The molecule has 0 aliphatic heterocycles. The smallest absolute Gasteiger partial charge is 0.248 e. The molecular formula is C17H15ClN4O. The van der Waals surface area contributed by atoms with Gasteiger partial charge in [-0.2, -0.15) is 0 Å². The summed E-state index contributed by atoms with van der Waals surface area (Å²) < 4.78 is 1.66. The van der Waals surface area contributed by atoms with Crippen LogP contribution in [0.4, 0.5) is 5.95 Å². The number of aromatic nitrogens is 3. The van der Waals surface area contributed by atoms with Crippen LogP contribution in [0.5, 0.6) is 0 Å². The number of anilines is 1. The number of carbonyl (C=O) groups excluding carboxylic acids is 1. The molecule has 116 valence electrons. The maximum atomic E-state index is 12.0. The quantitative estimate of drug-likeness (QED) is 0.783. The molecule has 3 aromatic rings. The number of nitrogens with one attached hydrogen (secondary N) is 1. The minimum atomic E-state index is -0.142. The Morgan fingerprint density at radius 1 is 1.09 bits per heavy atom. The monoisotopic (exact) mass is 326 g/mol. The van der Waals surface area contributed by atoms with Crippen molar-refractivity contribution in [2.75, 3.05) is 5.32 Å². The van der Waals surface area contributed by atoms with Crippen LogP contribution in [0.15, 0.2) is 60.9 Å². The highest BCUT2D eigenvalue weighted by Crippen LogP contribution is 2.12. The van der Waals surface area contributed by atoms with Gasteiger partial charge in [-0.05, 0) is 23.3 Å². The van der Waals surface area contributed by atoms with E-state index in [1.807, 2.05) is 54.6 Å². The molecule has 0 saturated carbocycles. The molecule has 0 saturated heterocycles. The molecule has 0 aliphatic rings. The molecule has 1 heterocycles. The molecule has 1 amide bonds. The summed E-state index contributed by atoms with van der Waals surface area (Å²) >= 11 is 5.96. The average Bonchev–Trinajstić information content (AvgIpc) is 2.95. The van der Waals surface area contributed by atoms with E-state index >= 15 is 0 Å². The normalized spacial score (nSPS) is 10.5. The first kappa shape index (κ1) is 15.2. The molecular weight excluding hydrogens is 312 g/mol. The SMILES string of the molecule is O=C(Cc1ccccc1)Nc1ncn(Cc2cccc(Cl)c2)n1. The number of halogens is 1. The van der Waals surface area contributed by atoms with Crippen molar-refractivity contribution in [1.82, 2.24) is 14.8 Å². The maximum Gasteiger partial charge on any atom is 0.248 e. The molecule has 23 heavy (non-hydrogen) atoms. The van der Waals surface area contributed by atoms with Crippen molar-refractivity contribution in [3.8, 4) is 0 Å².